The molecule has 1 amide bonds. The molecule has 0 aliphatic heterocycles. The second-order valence-electron chi connectivity index (χ2n) is 7.96. The lowest BCUT2D eigenvalue weighted by Gasteiger charge is -2.21. The smallest absolute Gasteiger partial charge is 0.270 e. The van der Waals surface area contributed by atoms with E-state index in [1.165, 1.54) is 35.6 Å². The summed E-state index contributed by atoms with van der Waals surface area (Å²) in [6.07, 6.45) is 0.922. The van der Waals surface area contributed by atoms with E-state index in [1.54, 1.807) is 29.6 Å². The second-order valence-corrected chi connectivity index (χ2v) is 8.91. The lowest BCUT2D eigenvalue weighted by Crippen LogP contribution is -2.26. The van der Waals surface area contributed by atoms with Crippen LogP contribution in [0.25, 0.3) is 0 Å². The number of thiazole rings is 1. The van der Waals surface area contributed by atoms with Gasteiger partial charge in [-0.15, -0.1) is 11.3 Å². The summed E-state index contributed by atoms with van der Waals surface area (Å²) in [4.78, 5) is 19.0. The summed E-state index contributed by atoms with van der Waals surface area (Å²) in [5.41, 5.74) is 2.35. The maximum atomic E-state index is 13.3. The van der Waals surface area contributed by atoms with E-state index in [-0.39, 0.29) is 17.5 Å². The van der Waals surface area contributed by atoms with E-state index in [4.69, 9.17) is 0 Å². The van der Waals surface area contributed by atoms with Gasteiger partial charge >= 0.3 is 0 Å². The average Bonchev–Trinajstić information content (AvgIpc) is 3.19. The Morgan fingerprint density at radius 3 is 2.03 bits per heavy atom. The van der Waals surface area contributed by atoms with Crippen molar-refractivity contribution in [3.05, 3.63) is 87.4 Å². The van der Waals surface area contributed by atoms with Gasteiger partial charge in [0, 0.05) is 25.0 Å². The van der Waals surface area contributed by atoms with Crippen molar-refractivity contribution in [1.29, 1.82) is 0 Å². The van der Waals surface area contributed by atoms with Crippen molar-refractivity contribution in [3.63, 3.8) is 0 Å². The number of carbonyl (C=O) groups excluding carboxylic acids is 1. The predicted molar refractivity (Wildman–Crippen MR) is 120 cm³/mol. The third kappa shape index (κ3) is 7.52. The van der Waals surface area contributed by atoms with Gasteiger partial charge in [-0.1, -0.05) is 38.1 Å². The van der Waals surface area contributed by atoms with Gasteiger partial charge < -0.3 is 5.32 Å². The first-order chi connectivity index (χ1) is 14.9. The zero-order valence-electron chi connectivity index (χ0n) is 17.8. The minimum Gasteiger partial charge on any atom is -0.351 e. The van der Waals surface area contributed by atoms with Crippen LogP contribution in [0.2, 0.25) is 0 Å². The van der Waals surface area contributed by atoms with E-state index in [0.717, 1.165) is 22.6 Å². The molecule has 4 nitrogen and oxygen atoms in total. The Morgan fingerprint density at radius 2 is 1.52 bits per heavy atom. The highest BCUT2D eigenvalue weighted by Gasteiger charge is 2.15. The predicted octanol–water partition coefficient (Wildman–Crippen LogP) is 5.40. The third-order valence-electron chi connectivity index (χ3n) is 4.79. The lowest BCUT2D eigenvalue weighted by atomic mass is 10.1. The zero-order chi connectivity index (χ0) is 22.2. The molecule has 1 heterocycles. The van der Waals surface area contributed by atoms with Crippen LogP contribution in [0.5, 0.6) is 0 Å². The molecule has 0 fully saturated rings. The number of carbonyl (C=O) groups is 1. The fraction of sp³-hybridized carbons (Fsp3) is 0.333. The first-order valence-corrected chi connectivity index (χ1v) is 11.2. The molecule has 0 saturated carbocycles. The summed E-state index contributed by atoms with van der Waals surface area (Å²) < 4.78 is 26.5. The molecule has 3 rings (SSSR count). The molecule has 1 aromatic heterocycles. The Morgan fingerprint density at radius 1 is 0.968 bits per heavy atom. The monoisotopic (exact) mass is 443 g/mol. The van der Waals surface area contributed by atoms with Crippen molar-refractivity contribution < 1.29 is 13.6 Å². The maximum Gasteiger partial charge on any atom is 0.270 e. The number of nitrogens with zero attached hydrogens (tertiary/aromatic N) is 2. The minimum atomic E-state index is -0.276. The fourth-order valence-electron chi connectivity index (χ4n) is 3.11. The summed E-state index contributed by atoms with van der Waals surface area (Å²) in [7, 11) is 0. The molecule has 0 unspecified atom stereocenters. The molecule has 2 aromatic carbocycles. The Hall–Kier alpha value is -2.64. The Labute approximate surface area is 185 Å². The van der Waals surface area contributed by atoms with Gasteiger partial charge in [-0.2, -0.15) is 0 Å². The molecule has 1 N–H and O–H groups in total. The molecule has 0 saturated heterocycles. The normalized spacial score (nSPS) is 11.3. The summed E-state index contributed by atoms with van der Waals surface area (Å²) in [6, 6.07) is 12.8. The highest BCUT2D eigenvalue weighted by Crippen LogP contribution is 2.18. The van der Waals surface area contributed by atoms with Gasteiger partial charge in [0.05, 0.1) is 6.54 Å². The topological polar surface area (TPSA) is 45.2 Å². The van der Waals surface area contributed by atoms with E-state index >= 15 is 0 Å². The third-order valence-corrected chi connectivity index (χ3v) is 5.62. The molecular formula is C24H27F2N3OS. The summed E-state index contributed by atoms with van der Waals surface area (Å²) in [5, 5.41) is 5.50. The second kappa shape index (κ2) is 11.1. The van der Waals surface area contributed by atoms with E-state index in [9.17, 15) is 13.6 Å². The lowest BCUT2D eigenvalue weighted by molar-refractivity contribution is 0.0947. The zero-order valence-corrected chi connectivity index (χ0v) is 18.6. The molecule has 31 heavy (non-hydrogen) atoms. The number of hydrogen-bond donors (Lipinski definition) is 1. The largest absolute Gasteiger partial charge is 0.351 e. The van der Waals surface area contributed by atoms with Crippen LogP contribution < -0.4 is 5.32 Å². The number of benzene rings is 2. The number of amides is 1. The maximum absolute atomic E-state index is 13.3. The quantitative estimate of drug-likeness (QED) is 0.456. The van der Waals surface area contributed by atoms with Crippen molar-refractivity contribution in [3.8, 4) is 0 Å². The highest BCUT2D eigenvalue weighted by atomic mass is 32.1. The van der Waals surface area contributed by atoms with Crippen LogP contribution in [-0.4, -0.2) is 22.3 Å². The van der Waals surface area contributed by atoms with Crippen molar-refractivity contribution in [2.24, 2.45) is 5.92 Å². The number of aromatic nitrogens is 1. The van der Waals surface area contributed by atoms with E-state index < -0.39 is 0 Å². The molecule has 7 heteroatoms. The van der Waals surface area contributed by atoms with Gasteiger partial charge in [-0.25, -0.2) is 13.8 Å². The van der Waals surface area contributed by atoms with Crippen LogP contribution in [0.3, 0.4) is 0 Å². The van der Waals surface area contributed by atoms with Gasteiger partial charge in [-0.05, 0) is 47.7 Å². The van der Waals surface area contributed by atoms with E-state index in [2.05, 4.69) is 29.0 Å². The molecule has 0 atom stereocenters. The van der Waals surface area contributed by atoms with Gasteiger partial charge in [0.25, 0.3) is 5.91 Å². The molecule has 3 aromatic rings. The first kappa shape index (κ1) is 23.0. The number of halogens is 2. The molecule has 0 aliphatic rings. The van der Waals surface area contributed by atoms with Crippen molar-refractivity contribution in [1.82, 2.24) is 15.2 Å². The Bertz CT molecular complexity index is 924. The van der Waals surface area contributed by atoms with Gasteiger partial charge in [0.15, 0.2) is 0 Å². The number of rotatable bonds is 10. The van der Waals surface area contributed by atoms with Crippen molar-refractivity contribution in [2.75, 3.05) is 6.54 Å². The molecular weight excluding hydrogens is 416 g/mol. The van der Waals surface area contributed by atoms with Crippen molar-refractivity contribution >= 4 is 17.2 Å². The van der Waals surface area contributed by atoms with Crippen LogP contribution in [0.1, 0.15) is 46.9 Å². The number of nitrogens with one attached hydrogen (secondary N) is 1. The molecule has 0 aliphatic carbocycles. The minimum absolute atomic E-state index is 0.160. The molecule has 0 radical (unpaired) electrons. The van der Waals surface area contributed by atoms with Crippen LogP contribution in [0, 0.1) is 17.6 Å². The van der Waals surface area contributed by atoms with Gasteiger partial charge in [0.2, 0.25) is 0 Å². The molecule has 164 valence electrons. The SMILES string of the molecule is CC(C)CCNC(=O)c1csc(CN(Cc2ccc(F)cc2)Cc2ccc(F)cc2)n1. The first-order valence-electron chi connectivity index (χ1n) is 10.3. The fourth-order valence-corrected chi connectivity index (χ4v) is 3.92. The van der Waals surface area contributed by atoms with Crippen LogP contribution in [0.4, 0.5) is 8.78 Å². The van der Waals surface area contributed by atoms with E-state index in [0.29, 0.717) is 37.8 Å². The average molecular weight is 444 g/mol. The summed E-state index contributed by atoms with van der Waals surface area (Å²) in [6.45, 7) is 6.54. The Balaban J connectivity index is 1.68. The highest BCUT2D eigenvalue weighted by molar-refractivity contribution is 7.09. The van der Waals surface area contributed by atoms with Gasteiger partial charge in [-0.3, -0.25) is 9.69 Å². The van der Waals surface area contributed by atoms with Gasteiger partial charge in [0.1, 0.15) is 22.3 Å². The molecule has 0 bridgehead atoms. The van der Waals surface area contributed by atoms with Crippen LogP contribution in [-0.2, 0) is 19.6 Å². The standard InChI is InChI=1S/C24H27F2N3OS/c1-17(2)11-12-27-24(30)22-16-31-23(28-22)15-29(13-18-3-7-20(25)8-4-18)14-19-5-9-21(26)10-6-19/h3-10,16-17H,11-15H2,1-2H3,(H,27,30). The number of hydrogen-bond acceptors (Lipinski definition) is 4. The van der Waals surface area contributed by atoms with Crippen LogP contribution >= 0.6 is 11.3 Å². The van der Waals surface area contributed by atoms with Crippen molar-refractivity contribution in [2.45, 2.75) is 39.9 Å². The summed E-state index contributed by atoms with van der Waals surface area (Å²) >= 11 is 1.44. The van der Waals surface area contributed by atoms with Crippen LogP contribution in [0.15, 0.2) is 53.9 Å². The molecule has 0 spiro atoms. The Kier molecular flexibility index (Phi) is 8.26. The van der Waals surface area contributed by atoms with E-state index in [1.807, 2.05) is 0 Å². The summed E-state index contributed by atoms with van der Waals surface area (Å²) in [5.74, 6) is -0.187.